The second-order valence-corrected chi connectivity index (χ2v) is 10.2. The Balaban J connectivity index is 0.00000361. The van der Waals surface area contributed by atoms with Crippen LogP contribution in [0, 0.1) is 6.92 Å². The van der Waals surface area contributed by atoms with Gasteiger partial charge in [0.15, 0.2) is 0 Å². The van der Waals surface area contributed by atoms with E-state index in [2.05, 4.69) is 5.32 Å². The minimum Gasteiger partial charge on any atom is -1.00 e. The number of benzene rings is 3. The third-order valence-corrected chi connectivity index (χ3v) is 7.01. The van der Waals surface area contributed by atoms with Crippen molar-refractivity contribution in [2.45, 2.75) is 32.4 Å². The molecular formula is C28H30Cl2LiNO4S. The molecule has 0 saturated carbocycles. The number of hydrogen-bond donors (Lipinski definition) is 2. The fourth-order valence-corrected chi connectivity index (χ4v) is 4.78. The Kier molecular flexibility index (Phi) is 13.1. The van der Waals surface area contributed by atoms with E-state index in [1.807, 2.05) is 55.6 Å². The van der Waals surface area contributed by atoms with E-state index in [0.717, 1.165) is 27.8 Å². The molecule has 0 aromatic heterocycles. The largest absolute Gasteiger partial charge is 1.00 e. The molecule has 9 heteroatoms. The Morgan fingerprint density at radius 2 is 1.84 bits per heavy atom. The first-order chi connectivity index (χ1) is 17.3. The van der Waals surface area contributed by atoms with E-state index in [9.17, 15) is 14.7 Å². The number of nitrogens with one attached hydrogen (secondary N) is 1. The molecule has 0 fully saturated rings. The second-order valence-electron chi connectivity index (χ2n) is 8.38. The Hall–Kier alpha value is -1.91. The van der Waals surface area contributed by atoms with Crippen LogP contribution in [0.15, 0.2) is 60.7 Å². The molecule has 3 aromatic carbocycles. The molecule has 0 bridgehead atoms. The summed E-state index contributed by atoms with van der Waals surface area (Å²) in [6, 6.07) is 17.8. The monoisotopic (exact) mass is 553 g/mol. The molecule has 2 N–H and O–H groups in total. The van der Waals surface area contributed by atoms with E-state index in [1.165, 1.54) is 0 Å². The van der Waals surface area contributed by atoms with Gasteiger partial charge in [-0.3, -0.25) is 4.79 Å². The average molecular weight is 554 g/mol. The summed E-state index contributed by atoms with van der Waals surface area (Å²) in [7, 11) is 0. The molecule has 3 aromatic rings. The number of rotatable bonds is 12. The number of carbonyl (C=O) groups excluding carboxylic acids is 1. The first-order valence-corrected chi connectivity index (χ1v) is 13.7. The molecule has 3 rings (SSSR count). The molecular weight excluding hydrogens is 524 g/mol. The van der Waals surface area contributed by atoms with Gasteiger partial charge in [0.25, 0.3) is 5.91 Å². The maximum absolute atomic E-state index is 13.2. The number of carboxylic acids is 1. The maximum Gasteiger partial charge on any atom is 1.00 e. The van der Waals surface area contributed by atoms with Crippen molar-refractivity contribution in [3.63, 3.8) is 0 Å². The zero-order chi connectivity index (χ0) is 26.1. The van der Waals surface area contributed by atoms with E-state index in [1.54, 1.807) is 30.0 Å². The van der Waals surface area contributed by atoms with Gasteiger partial charge in [-0.2, -0.15) is 11.8 Å². The molecule has 1 atom stereocenters. The standard InChI is InChI=1S/C28H29Cl2NO4S.Li.H/c1-18-5-3-4-6-22(18)24-15-19(17-35-13-11-20-8-9-21(29)16-25(20)30)7-10-23(24)27(32)31-26(28(33)34)12-14-36-2;;/h3-10,15-16,26H,11-14,17H2,1-2H3,(H,31,32)(H,33,34);;/q;+1;-1/t26-;;/m0../s1. The summed E-state index contributed by atoms with van der Waals surface area (Å²) in [6.07, 6.45) is 2.90. The number of aliphatic carboxylic acids is 1. The maximum atomic E-state index is 13.2. The van der Waals surface area contributed by atoms with E-state index >= 15 is 0 Å². The Bertz CT molecular complexity index is 1230. The summed E-state index contributed by atoms with van der Waals surface area (Å²) in [4.78, 5) is 24.8. The van der Waals surface area contributed by atoms with E-state index < -0.39 is 17.9 Å². The quantitative estimate of drug-likeness (QED) is 0.264. The molecule has 0 heterocycles. The summed E-state index contributed by atoms with van der Waals surface area (Å²) in [6.45, 7) is 2.81. The van der Waals surface area contributed by atoms with Gasteiger partial charge in [0.2, 0.25) is 0 Å². The van der Waals surface area contributed by atoms with Crippen LogP contribution in [0.4, 0.5) is 0 Å². The molecule has 5 nitrogen and oxygen atoms in total. The van der Waals surface area contributed by atoms with E-state index in [0.29, 0.717) is 47.4 Å². The number of amides is 1. The van der Waals surface area contributed by atoms with Gasteiger partial charge in [0.05, 0.1) is 13.2 Å². The van der Waals surface area contributed by atoms with Crippen molar-refractivity contribution >= 4 is 46.8 Å². The van der Waals surface area contributed by atoms with Crippen LogP contribution in [0.3, 0.4) is 0 Å². The molecule has 0 aliphatic carbocycles. The zero-order valence-corrected chi connectivity index (χ0v) is 23.6. The number of aryl methyl sites for hydroxylation is 1. The van der Waals surface area contributed by atoms with Crippen LogP contribution in [0.25, 0.3) is 11.1 Å². The number of hydrogen-bond acceptors (Lipinski definition) is 4. The SMILES string of the molecule is CSCC[C@H](NC(=O)c1ccc(COCCc2ccc(Cl)cc2Cl)cc1-c1ccccc1C)C(=O)O.[H-].[Li+]. The van der Waals surface area contributed by atoms with Crippen LogP contribution in [-0.4, -0.2) is 41.6 Å². The van der Waals surface area contributed by atoms with Gasteiger partial charge in [-0.1, -0.05) is 59.6 Å². The minimum absolute atomic E-state index is 0. The van der Waals surface area contributed by atoms with Crippen molar-refractivity contribution in [2.24, 2.45) is 0 Å². The number of ether oxygens (including phenoxy) is 1. The molecule has 0 unspecified atom stereocenters. The molecule has 0 saturated heterocycles. The average Bonchev–Trinajstić information content (AvgIpc) is 2.85. The van der Waals surface area contributed by atoms with Crippen LogP contribution >= 0.6 is 35.0 Å². The van der Waals surface area contributed by atoms with Crippen molar-refractivity contribution in [2.75, 3.05) is 18.6 Å². The molecule has 0 aliphatic heterocycles. The zero-order valence-electron chi connectivity index (χ0n) is 22.2. The fourth-order valence-electron chi connectivity index (χ4n) is 3.80. The van der Waals surface area contributed by atoms with Gasteiger partial charge in [0, 0.05) is 15.6 Å². The third-order valence-electron chi connectivity index (χ3n) is 5.78. The van der Waals surface area contributed by atoms with Crippen LogP contribution < -0.4 is 24.2 Å². The first-order valence-electron chi connectivity index (χ1n) is 11.5. The summed E-state index contributed by atoms with van der Waals surface area (Å²) >= 11 is 13.7. The predicted octanol–water partition coefficient (Wildman–Crippen LogP) is 3.78. The summed E-state index contributed by atoms with van der Waals surface area (Å²) in [5.41, 5.74) is 4.96. The van der Waals surface area contributed by atoms with Gasteiger partial charge >= 0.3 is 24.8 Å². The van der Waals surface area contributed by atoms with Crippen molar-refractivity contribution in [3.05, 3.63) is 93.0 Å². The van der Waals surface area contributed by atoms with Crippen molar-refractivity contribution < 1.29 is 39.7 Å². The van der Waals surface area contributed by atoms with Crippen LogP contribution in [0.1, 0.15) is 34.9 Å². The Labute approximate surface area is 245 Å². The molecule has 0 spiro atoms. The van der Waals surface area contributed by atoms with Gasteiger partial charge in [-0.05, 0) is 83.9 Å². The van der Waals surface area contributed by atoms with Crippen molar-refractivity contribution in [1.82, 2.24) is 5.32 Å². The smallest absolute Gasteiger partial charge is 1.00 e. The molecule has 192 valence electrons. The van der Waals surface area contributed by atoms with Crippen LogP contribution in [-0.2, 0) is 22.6 Å². The topological polar surface area (TPSA) is 75.6 Å². The van der Waals surface area contributed by atoms with E-state index in [4.69, 9.17) is 27.9 Å². The second kappa shape index (κ2) is 15.5. The predicted molar refractivity (Wildman–Crippen MR) is 149 cm³/mol. The fraction of sp³-hybridized carbons (Fsp3) is 0.286. The van der Waals surface area contributed by atoms with Crippen molar-refractivity contribution in [3.8, 4) is 11.1 Å². The number of halogens is 2. The van der Waals surface area contributed by atoms with Gasteiger partial charge in [0.1, 0.15) is 6.04 Å². The summed E-state index contributed by atoms with van der Waals surface area (Å²) < 4.78 is 5.90. The Morgan fingerprint density at radius 3 is 2.51 bits per heavy atom. The van der Waals surface area contributed by atoms with Crippen LogP contribution in [0.5, 0.6) is 0 Å². The number of carbonyl (C=O) groups is 2. The summed E-state index contributed by atoms with van der Waals surface area (Å²) in [5, 5.41) is 13.4. The van der Waals surface area contributed by atoms with Gasteiger partial charge < -0.3 is 16.6 Å². The molecule has 0 aliphatic rings. The number of thioether (sulfide) groups is 1. The molecule has 37 heavy (non-hydrogen) atoms. The third kappa shape index (κ3) is 9.10. The van der Waals surface area contributed by atoms with Gasteiger partial charge in [-0.15, -0.1) is 0 Å². The normalized spacial score (nSPS) is 11.5. The van der Waals surface area contributed by atoms with Crippen molar-refractivity contribution in [1.29, 1.82) is 0 Å². The molecule has 0 radical (unpaired) electrons. The van der Waals surface area contributed by atoms with E-state index in [-0.39, 0.29) is 20.3 Å². The molecule has 1 amide bonds. The van der Waals surface area contributed by atoms with Gasteiger partial charge in [-0.25, -0.2) is 4.79 Å². The van der Waals surface area contributed by atoms with Crippen LogP contribution in [0.2, 0.25) is 10.0 Å². The Morgan fingerprint density at radius 1 is 1.08 bits per heavy atom. The number of carboxylic acid groups (broad SMARTS) is 1. The summed E-state index contributed by atoms with van der Waals surface area (Å²) in [5.74, 6) is -0.813. The minimum atomic E-state index is -1.04. The first kappa shape index (κ1) is 31.3.